The van der Waals surface area contributed by atoms with Gasteiger partial charge in [0.2, 0.25) is 5.89 Å². The molecule has 0 spiro atoms. The van der Waals surface area contributed by atoms with E-state index >= 15 is 0 Å². The minimum absolute atomic E-state index is 0. The van der Waals surface area contributed by atoms with Gasteiger partial charge in [-0.1, -0.05) is 25.9 Å². The fourth-order valence-corrected chi connectivity index (χ4v) is 2.46. The Labute approximate surface area is 127 Å². The molecule has 0 atom stereocenters. The Kier molecular flexibility index (Phi) is 6.43. The molecule has 1 aliphatic rings. The summed E-state index contributed by atoms with van der Waals surface area (Å²) in [6, 6.07) is 0. The molecule has 5 nitrogen and oxygen atoms in total. The van der Waals surface area contributed by atoms with E-state index in [4.69, 9.17) is 4.52 Å². The van der Waals surface area contributed by atoms with E-state index < -0.39 is 0 Å². The van der Waals surface area contributed by atoms with Crippen molar-refractivity contribution in [2.24, 2.45) is 5.92 Å². The second kappa shape index (κ2) is 7.38. The Morgan fingerprint density at radius 1 is 1.30 bits per heavy atom. The normalized spacial score (nSPS) is 18.0. The maximum atomic E-state index is 5.33. The summed E-state index contributed by atoms with van der Waals surface area (Å²) in [5.41, 5.74) is -0.0644. The fraction of sp³-hybridized carbons (Fsp3) is 0.857. The van der Waals surface area contributed by atoms with E-state index in [9.17, 15) is 0 Å². The van der Waals surface area contributed by atoms with Crippen LogP contribution in [0.4, 0.5) is 0 Å². The number of nitrogens with zero attached hydrogens (tertiary/aromatic N) is 3. The van der Waals surface area contributed by atoms with E-state index in [0.717, 1.165) is 43.8 Å². The molecule has 1 saturated heterocycles. The van der Waals surface area contributed by atoms with Crippen LogP contribution in [0.5, 0.6) is 0 Å². The number of halogens is 1. The zero-order valence-corrected chi connectivity index (χ0v) is 13.8. The van der Waals surface area contributed by atoms with Crippen molar-refractivity contribution in [2.75, 3.05) is 26.7 Å². The van der Waals surface area contributed by atoms with Gasteiger partial charge in [-0.25, -0.2) is 0 Å². The molecule has 0 saturated carbocycles. The first-order valence-corrected chi connectivity index (χ1v) is 7.19. The number of piperidine rings is 1. The molecule has 2 heterocycles. The van der Waals surface area contributed by atoms with Gasteiger partial charge in [0.15, 0.2) is 5.82 Å². The molecule has 0 bridgehead atoms. The summed E-state index contributed by atoms with van der Waals surface area (Å²) in [5, 5.41) is 7.36. The molecule has 0 unspecified atom stereocenters. The third-order valence-electron chi connectivity index (χ3n) is 3.67. The van der Waals surface area contributed by atoms with Gasteiger partial charge in [-0.3, -0.25) is 4.90 Å². The lowest BCUT2D eigenvalue weighted by atomic mass is 9.96. The van der Waals surface area contributed by atoms with Gasteiger partial charge in [0, 0.05) is 5.41 Å². The molecule has 6 heteroatoms. The van der Waals surface area contributed by atoms with Crippen LogP contribution in [0.15, 0.2) is 4.52 Å². The third-order valence-corrected chi connectivity index (χ3v) is 3.67. The molecule has 1 aromatic heterocycles. The third kappa shape index (κ3) is 4.72. The Balaban J connectivity index is 0.00000200. The topological polar surface area (TPSA) is 54.2 Å². The van der Waals surface area contributed by atoms with Gasteiger partial charge >= 0.3 is 0 Å². The Hall–Kier alpha value is -0.650. The van der Waals surface area contributed by atoms with Crippen molar-refractivity contribution < 1.29 is 4.52 Å². The SMILES string of the molecule is CNCC1CCN(Cc2noc(C(C)(C)C)n2)CC1.Cl. The van der Waals surface area contributed by atoms with Crippen LogP contribution in [0.1, 0.15) is 45.3 Å². The zero-order chi connectivity index (χ0) is 13.9. The van der Waals surface area contributed by atoms with Crippen molar-refractivity contribution >= 4 is 12.4 Å². The average Bonchev–Trinajstić information content (AvgIpc) is 2.80. The first-order chi connectivity index (χ1) is 8.99. The van der Waals surface area contributed by atoms with Crippen LogP contribution >= 0.6 is 12.4 Å². The lowest BCUT2D eigenvalue weighted by Gasteiger charge is -2.30. The monoisotopic (exact) mass is 302 g/mol. The molecule has 116 valence electrons. The highest BCUT2D eigenvalue weighted by Crippen LogP contribution is 2.21. The van der Waals surface area contributed by atoms with Crippen molar-refractivity contribution in [1.82, 2.24) is 20.4 Å². The van der Waals surface area contributed by atoms with Crippen LogP contribution in [0, 0.1) is 5.92 Å². The number of hydrogen-bond acceptors (Lipinski definition) is 5. The number of aromatic nitrogens is 2. The molecule has 20 heavy (non-hydrogen) atoms. The number of nitrogens with one attached hydrogen (secondary N) is 1. The van der Waals surface area contributed by atoms with Crippen LogP contribution < -0.4 is 5.32 Å². The largest absolute Gasteiger partial charge is 0.339 e. The summed E-state index contributed by atoms with van der Waals surface area (Å²) in [6.07, 6.45) is 2.51. The number of rotatable bonds is 4. The van der Waals surface area contributed by atoms with Crippen LogP contribution in [0.2, 0.25) is 0 Å². The van der Waals surface area contributed by atoms with E-state index in [-0.39, 0.29) is 17.8 Å². The molecule has 0 amide bonds. The second-order valence-electron chi connectivity index (χ2n) is 6.54. The zero-order valence-electron chi connectivity index (χ0n) is 13.0. The Morgan fingerprint density at radius 2 is 1.95 bits per heavy atom. The molecule has 1 fully saturated rings. The van der Waals surface area contributed by atoms with E-state index in [1.165, 1.54) is 12.8 Å². The summed E-state index contributed by atoms with van der Waals surface area (Å²) in [5.74, 6) is 2.36. The first kappa shape index (κ1) is 17.4. The van der Waals surface area contributed by atoms with Crippen molar-refractivity contribution in [1.29, 1.82) is 0 Å². The van der Waals surface area contributed by atoms with Gasteiger partial charge in [0.05, 0.1) is 6.54 Å². The quantitative estimate of drug-likeness (QED) is 0.924. The van der Waals surface area contributed by atoms with E-state index in [1.807, 2.05) is 7.05 Å². The molecule has 0 aliphatic carbocycles. The summed E-state index contributed by atoms with van der Waals surface area (Å²) >= 11 is 0. The standard InChI is InChI=1S/C14H26N4O.ClH/c1-14(2,3)13-16-12(17-19-13)10-18-7-5-11(6-8-18)9-15-4;/h11,15H,5-10H2,1-4H3;1H. The molecule has 2 rings (SSSR count). The maximum Gasteiger partial charge on any atom is 0.232 e. The summed E-state index contributed by atoms with van der Waals surface area (Å²) in [6.45, 7) is 10.5. The number of hydrogen-bond donors (Lipinski definition) is 1. The summed E-state index contributed by atoms with van der Waals surface area (Å²) in [7, 11) is 2.03. The van der Waals surface area contributed by atoms with Crippen molar-refractivity contribution in [3.63, 3.8) is 0 Å². The van der Waals surface area contributed by atoms with Gasteiger partial charge in [-0.2, -0.15) is 4.98 Å². The van der Waals surface area contributed by atoms with Gasteiger partial charge in [0.25, 0.3) is 0 Å². The lowest BCUT2D eigenvalue weighted by Crippen LogP contribution is -2.36. The summed E-state index contributed by atoms with van der Waals surface area (Å²) < 4.78 is 5.33. The van der Waals surface area contributed by atoms with Crippen molar-refractivity contribution in [3.05, 3.63) is 11.7 Å². The molecule has 1 N–H and O–H groups in total. The average molecular weight is 303 g/mol. The highest BCUT2D eigenvalue weighted by atomic mass is 35.5. The van der Waals surface area contributed by atoms with Gasteiger partial charge in [0.1, 0.15) is 0 Å². The predicted molar refractivity (Wildman–Crippen MR) is 82.2 cm³/mol. The van der Waals surface area contributed by atoms with E-state index in [2.05, 4.69) is 41.1 Å². The van der Waals surface area contributed by atoms with Crippen LogP contribution in [-0.2, 0) is 12.0 Å². The molecule has 0 radical (unpaired) electrons. The van der Waals surface area contributed by atoms with Crippen LogP contribution in [0.3, 0.4) is 0 Å². The van der Waals surface area contributed by atoms with Crippen molar-refractivity contribution in [3.8, 4) is 0 Å². The first-order valence-electron chi connectivity index (χ1n) is 7.19. The minimum Gasteiger partial charge on any atom is -0.339 e. The predicted octanol–water partition coefficient (Wildman–Crippen LogP) is 2.22. The molecular formula is C14H27ClN4O. The number of likely N-dealkylation sites (tertiary alicyclic amines) is 1. The second-order valence-corrected chi connectivity index (χ2v) is 6.54. The minimum atomic E-state index is -0.0644. The Morgan fingerprint density at radius 3 is 2.45 bits per heavy atom. The van der Waals surface area contributed by atoms with Gasteiger partial charge < -0.3 is 9.84 Å². The van der Waals surface area contributed by atoms with E-state index in [0.29, 0.717) is 0 Å². The van der Waals surface area contributed by atoms with Gasteiger partial charge in [-0.15, -0.1) is 12.4 Å². The molecule has 1 aliphatic heterocycles. The lowest BCUT2D eigenvalue weighted by molar-refractivity contribution is 0.171. The smallest absolute Gasteiger partial charge is 0.232 e. The Bertz CT molecular complexity index is 394. The van der Waals surface area contributed by atoms with Crippen LogP contribution in [-0.4, -0.2) is 41.7 Å². The van der Waals surface area contributed by atoms with E-state index in [1.54, 1.807) is 0 Å². The van der Waals surface area contributed by atoms with Crippen molar-refractivity contribution in [2.45, 2.75) is 45.6 Å². The highest BCUT2D eigenvalue weighted by molar-refractivity contribution is 5.85. The maximum absolute atomic E-state index is 5.33. The molecule has 0 aromatic carbocycles. The van der Waals surface area contributed by atoms with Crippen LogP contribution in [0.25, 0.3) is 0 Å². The summed E-state index contributed by atoms with van der Waals surface area (Å²) in [4.78, 5) is 6.92. The fourth-order valence-electron chi connectivity index (χ4n) is 2.46. The highest BCUT2D eigenvalue weighted by Gasteiger charge is 2.24. The molecular weight excluding hydrogens is 276 g/mol. The van der Waals surface area contributed by atoms with Gasteiger partial charge in [-0.05, 0) is 45.4 Å². The molecule has 1 aromatic rings.